The summed E-state index contributed by atoms with van der Waals surface area (Å²) in [4.78, 5) is 24.3. The molecule has 0 aliphatic carbocycles. The zero-order valence-corrected chi connectivity index (χ0v) is 18.6. The van der Waals surface area contributed by atoms with E-state index in [1.54, 1.807) is 20.8 Å². The van der Waals surface area contributed by atoms with Crippen LogP contribution in [0.15, 0.2) is 60.8 Å². The number of para-hydroxylation sites is 1. The number of alkyl carbamates (subject to hydrolysis) is 1. The Balaban J connectivity index is 1.78. The van der Waals surface area contributed by atoms with Crippen molar-refractivity contribution in [2.75, 3.05) is 7.11 Å². The highest BCUT2D eigenvalue weighted by Crippen LogP contribution is 2.22. The van der Waals surface area contributed by atoms with E-state index in [9.17, 15) is 9.59 Å². The lowest BCUT2D eigenvalue weighted by atomic mass is 10.0. The Morgan fingerprint density at radius 1 is 1.03 bits per heavy atom. The largest absolute Gasteiger partial charge is 0.467 e. The average molecular weight is 422 g/mol. The Hall–Kier alpha value is -3.41. The number of carbonyl (C=O) groups excluding carboxylic acids is 2. The molecule has 0 bridgehead atoms. The normalized spacial score (nSPS) is 12.3. The van der Waals surface area contributed by atoms with E-state index in [-0.39, 0.29) is 0 Å². The van der Waals surface area contributed by atoms with Crippen LogP contribution in [0, 0.1) is 0 Å². The fraction of sp³-hybridized carbons (Fsp3) is 0.320. The summed E-state index contributed by atoms with van der Waals surface area (Å²) in [5, 5.41) is 3.77. The predicted molar refractivity (Wildman–Crippen MR) is 119 cm³/mol. The number of fused-ring (bicyclic) bond motifs is 1. The number of esters is 1. The van der Waals surface area contributed by atoms with Gasteiger partial charge in [0.05, 0.1) is 7.11 Å². The van der Waals surface area contributed by atoms with E-state index in [0.29, 0.717) is 6.42 Å². The molecule has 1 atom stereocenters. The maximum Gasteiger partial charge on any atom is 0.408 e. The molecule has 0 aliphatic rings. The topological polar surface area (TPSA) is 68.5 Å². The Morgan fingerprint density at radius 2 is 1.71 bits per heavy atom. The van der Waals surface area contributed by atoms with Crippen molar-refractivity contribution in [3.8, 4) is 11.1 Å². The number of carbonyl (C=O) groups is 2. The van der Waals surface area contributed by atoms with Crippen LogP contribution in [0.3, 0.4) is 0 Å². The van der Waals surface area contributed by atoms with Crippen LogP contribution in [0.2, 0.25) is 0 Å². The van der Waals surface area contributed by atoms with Crippen molar-refractivity contribution in [1.29, 1.82) is 0 Å². The van der Waals surface area contributed by atoms with Crippen LogP contribution in [-0.2, 0) is 27.7 Å². The summed E-state index contributed by atoms with van der Waals surface area (Å²) in [6.45, 7) is 5.31. The lowest BCUT2D eigenvalue weighted by molar-refractivity contribution is -0.644. The highest BCUT2D eigenvalue weighted by molar-refractivity contribution is 5.82. The summed E-state index contributed by atoms with van der Waals surface area (Å²) < 4.78 is 12.2. The van der Waals surface area contributed by atoms with E-state index in [1.165, 1.54) is 12.5 Å². The number of aromatic nitrogens is 1. The Bertz CT molecular complexity index is 1080. The first kappa shape index (κ1) is 22.3. The Labute approximate surface area is 182 Å². The highest BCUT2D eigenvalue weighted by atomic mass is 16.6. The molecule has 0 spiro atoms. The fourth-order valence-corrected chi connectivity index (χ4v) is 3.43. The van der Waals surface area contributed by atoms with Gasteiger partial charge < -0.3 is 14.8 Å². The van der Waals surface area contributed by atoms with E-state index in [1.807, 2.05) is 43.4 Å². The summed E-state index contributed by atoms with van der Waals surface area (Å²) in [6, 6.07) is 17.5. The van der Waals surface area contributed by atoms with Gasteiger partial charge in [-0.15, -0.1) is 0 Å². The highest BCUT2D eigenvalue weighted by Gasteiger charge is 2.25. The van der Waals surface area contributed by atoms with Crippen molar-refractivity contribution in [3.05, 3.63) is 66.4 Å². The minimum Gasteiger partial charge on any atom is -0.467 e. The maximum atomic E-state index is 12.2. The zero-order chi connectivity index (χ0) is 22.6. The van der Waals surface area contributed by atoms with E-state index in [0.717, 1.165) is 22.2 Å². The van der Waals surface area contributed by atoms with Crippen LogP contribution in [0.1, 0.15) is 26.3 Å². The van der Waals surface area contributed by atoms with Gasteiger partial charge in [-0.1, -0.05) is 36.4 Å². The van der Waals surface area contributed by atoms with E-state index < -0.39 is 23.7 Å². The molecule has 0 saturated carbocycles. The number of ether oxygens (including phenoxy) is 2. The molecule has 0 aliphatic heterocycles. The van der Waals surface area contributed by atoms with Crippen LogP contribution in [0.25, 0.3) is 22.0 Å². The number of aryl methyl sites for hydroxylation is 1. The van der Waals surface area contributed by atoms with Crippen molar-refractivity contribution < 1.29 is 23.6 Å². The second-order valence-electron chi connectivity index (χ2n) is 8.52. The molecule has 3 aromatic rings. The summed E-state index contributed by atoms with van der Waals surface area (Å²) >= 11 is 0. The summed E-state index contributed by atoms with van der Waals surface area (Å²) in [6.07, 6.45) is 1.75. The minimum atomic E-state index is -0.829. The van der Waals surface area contributed by atoms with Crippen molar-refractivity contribution in [3.63, 3.8) is 0 Å². The van der Waals surface area contributed by atoms with E-state index in [4.69, 9.17) is 9.47 Å². The number of hydrogen-bond acceptors (Lipinski definition) is 4. The third-order valence-corrected chi connectivity index (χ3v) is 4.86. The predicted octanol–water partition coefficient (Wildman–Crippen LogP) is 3.94. The molecule has 0 fully saturated rings. The number of amides is 1. The molecule has 1 N–H and O–H groups in total. The second-order valence-corrected chi connectivity index (χ2v) is 8.52. The first-order chi connectivity index (χ1) is 14.7. The number of nitrogens with one attached hydrogen (secondary N) is 1. The number of methoxy groups -OCH3 is 1. The monoisotopic (exact) mass is 421 g/mol. The van der Waals surface area contributed by atoms with Gasteiger partial charge in [0, 0.05) is 23.4 Å². The van der Waals surface area contributed by atoms with Gasteiger partial charge in [-0.2, -0.15) is 0 Å². The molecule has 6 nitrogen and oxygen atoms in total. The van der Waals surface area contributed by atoms with Gasteiger partial charge in [-0.05, 0) is 44.0 Å². The molecule has 2 aromatic carbocycles. The zero-order valence-electron chi connectivity index (χ0n) is 18.6. The van der Waals surface area contributed by atoms with Gasteiger partial charge in [-0.3, -0.25) is 0 Å². The first-order valence-corrected chi connectivity index (χ1v) is 10.2. The number of benzene rings is 2. The van der Waals surface area contributed by atoms with Crippen molar-refractivity contribution in [1.82, 2.24) is 5.32 Å². The fourth-order valence-electron chi connectivity index (χ4n) is 3.43. The van der Waals surface area contributed by atoms with Gasteiger partial charge in [0.1, 0.15) is 18.7 Å². The quantitative estimate of drug-likeness (QED) is 0.501. The molecule has 6 heteroatoms. The molecule has 1 aromatic heterocycles. The van der Waals surface area contributed by atoms with Gasteiger partial charge in [0.15, 0.2) is 6.20 Å². The minimum absolute atomic E-state index is 0.303. The second kappa shape index (κ2) is 9.16. The summed E-state index contributed by atoms with van der Waals surface area (Å²) in [5.41, 5.74) is 3.59. The Morgan fingerprint density at radius 3 is 2.35 bits per heavy atom. The van der Waals surface area contributed by atoms with Crippen LogP contribution in [-0.4, -0.2) is 30.8 Å². The van der Waals surface area contributed by atoms with Gasteiger partial charge in [-0.25, -0.2) is 14.2 Å². The van der Waals surface area contributed by atoms with Gasteiger partial charge in [0.2, 0.25) is 5.52 Å². The molecule has 3 rings (SSSR count). The first-order valence-electron chi connectivity index (χ1n) is 10.2. The van der Waals surface area contributed by atoms with Crippen LogP contribution in [0.5, 0.6) is 0 Å². The lowest BCUT2D eigenvalue weighted by Crippen LogP contribution is -2.45. The van der Waals surface area contributed by atoms with Gasteiger partial charge >= 0.3 is 12.1 Å². The van der Waals surface area contributed by atoms with Crippen LogP contribution >= 0.6 is 0 Å². The SMILES string of the molecule is COC(=O)[C@H](Cc1ccc(-c2cc3ccccc3[n+](C)c2)cc1)NC(=O)OC(C)(C)C. The number of hydrogen-bond donors (Lipinski definition) is 1. The molecule has 1 amide bonds. The van der Waals surface area contributed by atoms with Crippen molar-refractivity contribution in [2.24, 2.45) is 7.05 Å². The maximum absolute atomic E-state index is 12.2. The summed E-state index contributed by atoms with van der Waals surface area (Å²) in [7, 11) is 3.33. The van der Waals surface area contributed by atoms with E-state index in [2.05, 4.69) is 34.3 Å². The standard InChI is InChI=1S/C25H28N2O4/c1-25(2,3)31-24(29)26-21(23(28)30-5)14-17-10-12-18(13-11-17)20-15-19-8-6-7-9-22(19)27(4)16-20/h6-13,15-16,21H,14H2,1-5H3/p+1/t21-/m0/s1. The lowest BCUT2D eigenvalue weighted by Gasteiger charge is -2.22. The van der Waals surface area contributed by atoms with Crippen LogP contribution in [0.4, 0.5) is 4.79 Å². The van der Waals surface area contributed by atoms with Crippen molar-refractivity contribution in [2.45, 2.75) is 38.8 Å². The molecule has 0 radical (unpaired) electrons. The third-order valence-electron chi connectivity index (χ3n) is 4.86. The molecular formula is C25H29N2O4+. The number of rotatable bonds is 5. The molecule has 162 valence electrons. The van der Waals surface area contributed by atoms with Gasteiger partial charge in [0.25, 0.3) is 0 Å². The molecule has 0 unspecified atom stereocenters. The molecule has 1 heterocycles. The van der Waals surface area contributed by atoms with Crippen molar-refractivity contribution >= 4 is 23.0 Å². The average Bonchev–Trinajstić information content (AvgIpc) is 2.72. The Kier molecular flexibility index (Phi) is 6.59. The number of pyridine rings is 1. The smallest absolute Gasteiger partial charge is 0.408 e. The molecular weight excluding hydrogens is 392 g/mol. The third kappa shape index (κ3) is 5.81. The summed E-state index contributed by atoms with van der Waals surface area (Å²) in [5.74, 6) is -0.517. The molecule has 0 saturated heterocycles. The van der Waals surface area contributed by atoms with E-state index >= 15 is 0 Å². The van der Waals surface area contributed by atoms with Crippen LogP contribution < -0.4 is 9.88 Å². The number of nitrogens with zero attached hydrogens (tertiary/aromatic N) is 1. The molecule has 31 heavy (non-hydrogen) atoms.